The standard InChI is InChI=1S/C17H15N3O5/c1-10(21)20(13-4-2-3-11(18)7-13)17(23)16(22)19-12-5-6-14-15(8-12)25-9-24-14/h2-8H,9,18H2,1H3,(H,19,22). The fourth-order valence-electron chi connectivity index (χ4n) is 2.37. The normalized spacial score (nSPS) is 11.7. The predicted octanol–water partition coefficient (Wildman–Crippen LogP) is 1.52. The van der Waals surface area contributed by atoms with Crippen molar-refractivity contribution in [2.75, 3.05) is 22.7 Å². The summed E-state index contributed by atoms with van der Waals surface area (Å²) in [7, 11) is 0. The summed E-state index contributed by atoms with van der Waals surface area (Å²) in [5, 5.41) is 2.44. The molecule has 0 bridgehead atoms. The maximum Gasteiger partial charge on any atom is 0.323 e. The molecule has 0 aliphatic carbocycles. The first-order valence-corrected chi connectivity index (χ1v) is 7.37. The predicted molar refractivity (Wildman–Crippen MR) is 90.2 cm³/mol. The van der Waals surface area contributed by atoms with E-state index in [0.717, 1.165) is 4.90 Å². The molecule has 8 heteroatoms. The van der Waals surface area contributed by atoms with Gasteiger partial charge in [0, 0.05) is 24.4 Å². The second-order valence-corrected chi connectivity index (χ2v) is 5.28. The average Bonchev–Trinajstić information content (AvgIpc) is 3.02. The van der Waals surface area contributed by atoms with Crippen LogP contribution in [0, 0.1) is 0 Å². The number of nitrogens with zero attached hydrogens (tertiary/aromatic N) is 1. The highest BCUT2D eigenvalue weighted by Crippen LogP contribution is 2.34. The Hall–Kier alpha value is -3.55. The number of hydrogen-bond donors (Lipinski definition) is 2. The first-order valence-electron chi connectivity index (χ1n) is 7.37. The summed E-state index contributed by atoms with van der Waals surface area (Å²) < 4.78 is 10.4. The first-order chi connectivity index (χ1) is 12.0. The van der Waals surface area contributed by atoms with E-state index in [-0.39, 0.29) is 12.5 Å². The lowest BCUT2D eigenvalue weighted by Gasteiger charge is -2.19. The molecule has 0 atom stereocenters. The summed E-state index contributed by atoms with van der Waals surface area (Å²) in [6.07, 6.45) is 0. The number of imide groups is 1. The van der Waals surface area contributed by atoms with Crippen molar-refractivity contribution in [3.05, 3.63) is 42.5 Å². The minimum Gasteiger partial charge on any atom is -0.454 e. The number of nitrogens with one attached hydrogen (secondary N) is 1. The third kappa shape index (κ3) is 3.37. The molecule has 0 unspecified atom stereocenters. The first kappa shape index (κ1) is 16.3. The second-order valence-electron chi connectivity index (χ2n) is 5.28. The van der Waals surface area contributed by atoms with E-state index in [2.05, 4.69) is 5.32 Å². The van der Waals surface area contributed by atoms with Gasteiger partial charge in [0.15, 0.2) is 11.5 Å². The van der Waals surface area contributed by atoms with Crippen molar-refractivity contribution in [1.29, 1.82) is 0 Å². The summed E-state index contributed by atoms with van der Waals surface area (Å²) in [6.45, 7) is 1.29. The molecule has 1 aliphatic rings. The van der Waals surface area contributed by atoms with Crippen LogP contribution < -0.4 is 25.4 Å². The van der Waals surface area contributed by atoms with Crippen LogP contribution in [-0.2, 0) is 14.4 Å². The van der Waals surface area contributed by atoms with Crippen LogP contribution >= 0.6 is 0 Å². The van der Waals surface area contributed by atoms with Crippen molar-refractivity contribution in [1.82, 2.24) is 0 Å². The molecule has 0 aromatic heterocycles. The Morgan fingerprint density at radius 2 is 1.84 bits per heavy atom. The fraction of sp³-hybridized carbons (Fsp3) is 0.118. The minimum atomic E-state index is -1.02. The quantitative estimate of drug-likeness (QED) is 0.633. The Labute approximate surface area is 143 Å². The third-order valence-corrected chi connectivity index (χ3v) is 3.47. The van der Waals surface area contributed by atoms with E-state index < -0.39 is 17.7 Å². The maximum atomic E-state index is 12.4. The van der Waals surface area contributed by atoms with Crippen LogP contribution in [-0.4, -0.2) is 24.5 Å². The van der Waals surface area contributed by atoms with Crippen molar-refractivity contribution < 1.29 is 23.9 Å². The Morgan fingerprint density at radius 1 is 1.08 bits per heavy atom. The van der Waals surface area contributed by atoms with Gasteiger partial charge in [0.2, 0.25) is 12.7 Å². The van der Waals surface area contributed by atoms with Gasteiger partial charge in [0.05, 0.1) is 5.69 Å². The van der Waals surface area contributed by atoms with Gasteiger partial charge in [0.25, 0.3) is 0 Å². The van der Waals surface area contributed by atoms with E-state index in [0.29, 0.717) is 22.9 Å². The van der Waals surface area contributed by atoms with Gasteiger partial charge in [0.1, 0.15) is 0 Å². The topological polar surface area (TPSA) is 111 Å². The number of rotatable bonds is 2. The summed E-state index contributed by atoms with van der Waals surface area (Å²) >= 11 is 0. The molecule has 8 nitrogen and oxygen atoms in total. The van der Waals surface area contributed by atoms with Crippen LogP contribution in [0.3, 0.4) is 0 Å². The van der Waals surface area contributed by atoms with Crippen molar-refractivity contribution in [2.24, 2.45) is 0 Å². The van der Waals surface area contributed by atoms with E-state index in [1.807, 2.05) is 0 Å². The smallest absolute Gasteiger partial charge is 0.323 e. The van der Waals surface area contributed by atoms with E-state index in [1.54, 1.807) is 24.3 Å². The zero-order chi connectivity index (χ0) is 18.0. The summed E-state index contributed by atoms with van der Waals surface area (Å²) in [5.41, 5.74) is 6.61. The van der Waals surface area contributed by atoms with Gasteiger partial charge in [-0.2, -0.15) is 0 Å². The van der Waals surface area contributed by atoms with Crippen LogP contribution in [0.2, 0.25) is 0 Å². The van der Waals surface area contributed by atoms with E-state index in [9.17, 15) is 14.4 Å². The molecule has 0 fully saturated rings. The Bertz CT molecular complexity index is 865. The molecule has 2 aromatic carbocycles. The number of hydrogen-bond acceptors (Lipinski definition) is 6. The third-order valence-electron chi connectivity index (χ3n) is 3.47. The number of carbonyl (C=O) groups is 3. The van der Waals surface area contributed by atoms with Crippen molar-refractivity contribution in [3.8, 4) is 11.5 Å². The minimum absolute atomic E-state index is 0.0964. The SMILES string of the molecule is CC(=O)N(C(=O)C(=O)Nc1ccc2c(c1)OCO2)c1cccc(N)c1. The molecule has 25 heavy (non-hydrogen) atoms. The molecule has 0 saturated carbocycles. The van der Waals surface area contributed by atoms with E-state index >= 15 is 0 Å². The average molecular weight is 341 g/mol. The Balaban J connectivity index is 1.80. The maximum absolute atomic E-state index is 12.4. The Morgan fingerprint density at radius 3 is 2.56 bits per heavy atom. The Kier molecular flexibility index (Phi) is 4.25. The van der Waals surface area contributed by atoms with Crippen LogP contribution in [0.15, 0.2) is 42.5 Å². The van der Waals surface area contributed by atoms with Gasteiger partial charge in [-0.3, -0.25) is 14.4 Å². The van der Waals surface area contributed by atoms with Crippen molar-refractivity contribution >= 4 is 34.8 Å². The summed E-state index contributed by atoms with van der Waals surface area (Å²) in [6, 6.07) is 10.9. The number of nitrogens with two attached hydrogens (primary N) is 1. The van der Waals surface area contributed by atoms with Gasteiger partial charge in [-0.15, -0.1) is 0 Å². The van der Waals surface area contributed by atoms with Crippen molar-refractivity contribution in [2.45, 2.75) is 6.92 Å². The molecular formula is C17H15N3O5. The molecule has 0 spiro atoms. The molecule has 0 saturated heterocycles. The zero-order valence-corrected chi connectivity index (χ0v) is 13.3. The zero-order valence-electron chi connectivity index (χ0n) is 13.3. The highest BCUT2D eigenvalue weighted by Gasteiger charge is 2.27. The molecule has 1 heterocycles. The van der Waals surface area contributed by atoms with Crippen LogP contribution in [0.5, 0.6) is 11.5 Å². The molecule has 2 aromatic rings. The number of ether oxygens (including phenoxy) is 2. The molecule has 128 valence electrons. The number of nitrogen functional groups attached to an aromatic ring is 1. The molecule has 3 amide bonds. The lowest BCUT2D eigenvalue weighted by Crippen LogP contribution is -2.42. The lowest BCUT2D eigenvalue weighted by atomic mass is 10.2. The van der Waals surface area contributed by atoms with Gasteiger partial charge < -0.3 is 20.5 Å². The number of amides is 3. The highest BCUT2D eigenvalue weighted by atomic mass is 16.7. The largest absolute Gasteiger partial charge is 0.454 e. The molecule has 3 rings (SSSR count). The van der Waals surface area contributed by atoms with Crippen LogP contribution in [0.4, 0.5) is 17.1 Å². The van der Waals surface area contributed by atoms with Crippen LogP contribution in [0.25, 0.3) is 0 Å². The van der Waals surface area contributed by atoms with Gasteiger partial charge in [-0.1, -0.05) is 6.07 Å². The molecule has 1 aliphatic heterocycles. The van der Waals surface area contributed by atoms with Gasteiger partial charge in [-0.25, -0.2) is 4.90 Å². The van der Waals surface area contributed by atoms with Gasteiger partial charge in [-0.05, 0) is 30.3 Å². The second kappa shape index (κ2) is 6.52. The summed E-state index contributed by atoms with van der Waals surface area (Å²) in [5.74, 6) is -1.57. The van der Waals surface area contributed by atoms with Crippen LogP contribution in [0.1, 0.15) is 6.92 Å². The van der Waals surface area contributed by atoms with E-state index in [1.165, 1.54) is 25.1 Å². The van der Waals surface area contributed by atoms with Gasteiger partial charge >= 0.3 is 11.8 Å². The molecule has 3 N–H and O–H groups in total. The number of benzene rings is 2. The molecule has 0 radical (unpaired) electrons. The fourth-order valence-corrected chi connectivity index (χ4v) is 2.37. The highest BCUT2D eigenvalue weighted by molar-refractivity contribution is 6.48. The number of carbonyl (C=O) groups excluding carboxylic acids is 3. The summed E-state index contributed by atoms with van der Waals surface area (Å²) in [4.78, 5) is 37.3. The van der Waals surface area contributed by atoms with Crippen molar-refractivity contribution in [3.63, 3.8) is 0 Å². The lowest BCUT2D eigenvalue weighted by molar-refractivity contribution is -0.136. The number of fused-ring (bicyclic) bond motifs is 1. The molecular weight excluding hydrogens is 326 g/mol. The number of anilines is 3. The van der Waals surface area contributed by atoms with E-state index in [4.69, 9.17) is 15.2 Å². The monoisotopic (exact) mass is 341 g/mol.